The summed E-state index contributed by atoms with van der Waals surface area (Å²) in [5, 5.41) is 9.72. The van der Waals surface area contributed by atoms with Crippen molar-refractivity contribution in [3.63, 3.8) is 0 Å². The third-order valence-corrected chi connectivity index (χ3v) is 10.2. The van der Waals surface area contributed by atoms with Crippen LogP contribution in [0.5, 0.6) is 5.75 Å². The number of nitrogens with zero attached hydrogens (tertiary/aromatic N) is 2. The molecule has 3 aromatic rings. The van der Waals surface area contributed by atoms with Crippen molar-refractivity contribution in [3.05, 3.63) is 114 Å². The molecule has 3 amide bonds. The molecule has 0 aliphatic carbocycles. The van der Waals surface area contributed by atoms with Gasteiger partial charge in [-0.2, -0.15) is 0 Å². The van der Waals surface area contributed by atoms with Crippen LogP contribution in [0, 0.1) is 0 Å². The number of hydrogen-bond donors (Lipinski definition) is 2. The molecule has 12 nitrogen and oxygen atoms in total. The summed E-state index contributed by atoms with van der Waals surface area (Å²) in [4.78, 5) is 46.5. The highest BCUT2D eigenvalue weighted by atomic mass is 79.9. The topological polar surface area (TPSA) is 137 Å². The Morgan fingerprint density at radius 1 is 1.00 bits per heavy atom. The van der Waals surface area contributed by atoms with Gasteiger partial charge in [-0.25, -0.2) is 9.59 Å². The second kappa shape index (κ2) is 18.3. The predicted octanol–water partition coefficient (Wildman–Crippen LogP) is 8.02. The molecule has 2 aliphatic heterocycles. The highest BCUT2D eigenvalue weighted by Gasteiger charge is 2.57. The van der Waals surface area contributed by atoms with Crippen LogP contribution in [0.15, 0.2) is 108 Å². The van der Waals surface area contributed by atoms with Gasteiger partial charge in [0.2, 0.25) is 6.10 Å². The minimum absolute atomic E-state index is 0.00542. The monoisotopic (exact) mass is 966 g/mol. The quantitative estimate of drug-likeness (QED) is 0.130. The Morgan fingerprint density at radius 2 is 1.67 bits per heavy atom. The maximum Gasteiger partial charge on any atom is 0.339 e. The molecular formula is C36H34Br4N4O8. The number of hydrogen-bond acceptors (Lipinski definition) is 9. The molecule has 0 aromatic heterocycles. The number of likely N-dealkylation sites (N-methyl/N-ethyl adjacent to an activating group) is 1. The van der Waals surface area contributed by atoms with Crippen LogP contribution in [-0.2, 0) is 30.3 Å². The van der Waals surface area contributed by atoms with E-state index in [1.54, 1.807) is 42.3 Å². The summed E-state index contributed by atoms with van der Waals surface area (Å²) in [6, 6.07) is 21.4. The SMILES string of the molecule is COC1=C(Br)C[C@@]2(OC=C1Br)ON=C(C(=O)NCCCOc1c(Br)cc(CCN(C)C(=O)Nc3ccccc3)cc1Br)[C@H]2OC(=O)c1ccccc1. The van der Waals surface area contributed by atoms with Gasteiger partial charge in [-0.1, -0.05) is 57.5 Å². The van der Waals surface area contributed by atoms with Crippen molar-refractivity contribution in [2.45, 2.75) is 31.2 Å². The Bertz CT molecular complexity index is 1850. The Morgan fingerprint density at radius 3 is 2.35 bits per heavy atom. The molecule has 0 unspecified atom stereocenters. The maximum absolute atomic E-state index is 13.4. The number of benzene rings is 3. The van der Waals surface area contributed by atoms with E-state index in [1.165, 1.54) is 13.4 Å². The Balaban J connectivity index is 1.15. The number of carbonyl (C=O) groups excluding carboxylic acids is 3. The Labute approximate surface area is 334 Å². The van der Waals surface area contributed by atoms with Crippen LogP contribution < -0.4 is 15.4 Å². The summed E-state index contributed by atoms with van der Waals surface area (Å²) in [7, 11) is 3.24. The van der Waals surface area contributed by atoms with Crippen LogP contribution in [0.3, 0.4) is 0 Å². The van der Waals surface area contributed by atoms with Gasteiger partial charge in [0.15, 0.2) is 5.71 Å². The van der Waals surface area contributed by atoms with Crippen molar-refractivity contribution >= 4 is 93.0 Å². The number of oxime groups is 1. The number of anilines is 1. The molecule has 2 atom stereocenters. The van der Waals surface area contributed by atoms with Crippen molar-refractivity contribution in [2.75, 3.05) is 39.2 Å². The number of esters is 1. The minimum Gasteiger partial charge on any atom is -0.495 e. The van der Waals surface area contributed by atoms with Gasteiger partial charge < -0.3 is 39.3 Å². The maximum atomic E-state index is 13.4. The standard InChI is InChI=1S/C36H34Br4N4O8/c1-44(35(47)42-24-12-7-4-8-13-24)16-14-22-18-25(37)31(26(38)19-22)49-17-9-15-41-33(45)29-32(51-34(46)23-10-5-3-6-11-23)36(52-43-29)20-27(39)30(48-2)28(40)21-50-36/h3-8,10-13,18-19,21,32H,9,14-17,20H2,1-2H3,(H,41,45)(H,42,47)/t32-,36-/m1/s1. The number of rotatable bonds is 13. The number of halogens is 4. The molecule has 3 aromatic carbocycles. The van der Waals surface area contributed by atoms with Crippen LogP contribution in [-0.4, -0.2) is 74.3 Å². The zero-order chi connectivity index (χ0) is 37.3. The summed E-state index contributed by atoms with van der Waals surface area (Å²) in [6.45, 7) is 1.00. The van der Waals surface area contributed by atoms with E-state index in [0.29, 0.717) is 39.9 Å². The molecule has 0 fully saturated rings. The highest BCUT2D eigenvalue weighted by Crippen LogP contribution is 2.42. The zero-order valence-electron chi connectivity index (χ0n) is 28.0. The lowest BCUT2D eigenvalue weighted by Crippen LogP contribution is -2.51. The first-order valence-electron chi connectivity index (χ1n) is 16.0. The van der Waals surface area contributed by atoms with Crippen LogP contribution in [0.25, 0.3) is 0 Å². The zero-order valence-corrected chi connectivity index (χ0v) is 34.3. The summed E-state index contributed by atoms with van der Waals surface area (Å²) in [6.07, 6.45) is 1.08. The van der Waals surface area contributed by atoms with Crippen LogP contribution in [0.2, 0.25) is 0 Å². The van der Waals surface area contributed by atoms with E-state index < -0.39 is 23.8 Å². The van der Waals surface area contributed by atoms with Crippen molar-refractivity contribution in [1.29, 1.82) is 0 Å². The first-order chi connectivity index (χ1) is 25.0. The lowest BCUT2D eigenvalue weighted by molar-refractivity contribution is -0.225. The number of amides is 3. The number of carbonyl (C=O) groups is 3. The van der Waals surface area contributed by atoms with Gasteiger partial charge >= 0.3 is 17.8 Å². The fourth-order valence-corrected chi connectivity index (χ4v) is 8.18. The van der Waals surface area contributed by atoms with Crippen molar-refractivity contribution in [1.82, 2.24) is 10.2 Å². The van der Waals surface area contributed by atoms with E-state index in [9.17, 15) is 14.4 Å². The average Bonchev–Trinajstić information content (AvgIpc) is 3.41. The minimum atomic E-state index is -1.69. The van der Waals surface area contributed by atoms with E-state index in [0.717, 1.165) is 20.2 Å². The predicted molar refractivity (Wildman–Crippen MR) is 209 cm³/mol. The Hall–Kier alpha value is -3.86. The number of ether oxygens (including phenoxy) is 4. The molecule has 2 heterocycles. The van der Waals surface area contributed by atoms with Gasteiger partial charge in [-0.3, -0.25) is 4.79 Å². The number of allylic oxidation sites excluding steroid dienone is 1. The molecule has 0 radical (unpaired) electrons. The van der Waals surface area contributed by atoms with Gasteiger partial charge in [0.1, 0.15) is 17.8 Å². The molecule has 0 saturated carbocycles. The second-order valence-corrected chi connectivity index (χ2v) is 15.1. The van der Waals surface area contributed by atoms with Gasteiger partial charge in [-0.15, -0.1) is 0 Å². The molecule has 0 saturated heterocycles. The second-order valence-electron chi connectivity index (χ2n) is 11.5. The van der Waals surface area contributed by atoms with E-state index >= 15 is 0 Å². The molecule has 52 heavy (non-hydrogen) atoms. The molecular weight excluding hydrogens is 936 g/mol. The molecule has 5 rings (SSSR count). The Kier molecular flexibility index (Phi) is 13.8. The average molecular weight is 970 g/mol. The molecule has 1 spiro atoms. The fraction of sp³-hybridized carbons (Fsp3) is 0.278. The van der Waals surface area contributed by atoms with Crippen molar-refractivity contribution in [2.24, 2.45) is 5.16 Å². The van der Waals surface area contributed by atoms with Crippen LogP contribution in [0.4, 0.5) is 10.5 Å². The fourth-order valence-electron chi connectivity index (χ4n) is 5.15. The normalized spacial score (nSPS) is 17.9. The van der Waals surface area contributed by atoms with Gasteiger partial charge in [0, 0.05) is 30.3 Å². The van der Waals surface area contributed by atoms with Gasteiger partial charge in [0.25, 0.3) is 5.91 Å². The number of nitrogens with one attached hydrogen (secondary N) is 2. The van der Waals surface area contributed by atoms with E-state index in [1.807, 2.05) is 42.5 Å². The summed E-state index contributed by atoms with van der Waals surface area (Å²) < 4.78 is 25.8. The number of para-hydroxylation sites is 1. The van der Waals surface area contributed by atoms with Crippen LogP contribution >= 0.6 is 63.7 Å². The lowest BCUT2D eigenvalue weighted by Gasteiger charge is -2.30. The third-order valence-electron chi connectivity index (χ3n) is 7.86. The molecule has 16 heteroatoms. The van der Waals surface area contributed by atoms with E-state index in [-0.39, 0.29) is 36.9 Å². The first kappa shape index (κ1) is 39.3. The molecule has 0 bridgehead atoms. The summed E-state index contributed by atoms with van der Waals surface area (Å²) in [5.41, 5.74) is 1.85. The van der Waals surface area contributed by atoms with Crippen molar-refractivity contribution < 1.29 is 38.2 Å². The van der Waals surface area contributed by atoms with Crippen molar-refractivity contribution in [3.8, 4) is 5.75 Å². The first-order valence-corrected chi connectivity index (χ1v) is 19.1. The number of methoxy groups -OCH3 is 1. The lowest BCUT2D eigenvalue weighted by atomic mass is 10.0. The summed E-state index contributed by atoms with van der Waals surface area (Å²) >= 11 is 14.1. The largest absolute Gasteiger partial charge is 0.495 e. The van der Waals surface area contributed by atoms with Gasteiger partial charge in [0.05, 0.1) is 39.1 Å². The third kappa shape index (κ3) is 9.76. The van der Waals surface area contributed by atoms with E-state index in [4.69, 9.17) is 23.8 Å². The molecule has 2 aliphatic rings. The summed E-state index contributed by atoms with van der Waals surface area (Å²) in [5.74, 6) is -1.93. The van der Waals surface area contributed by atoms with E-state index in [2.05, 4.69) is 79.5 Å². The van der Waals surface area contributed by atoms with Crippen LogP contribution in [0.1, 0.15) is 28.8 Å². The number of urea groups is 1. The molecule has 2 N–H and O–H groups in total. The van der Waals surface area contributed by atoms with Gasteiger partial charge in [-0.05, 0) is 103 Å². The smallest absolute Gasteiger partial charge is 0.339 e. The highest BCUT2D eigenvalue weighted by molar-refractivity contribution is 9.12. The molecule has 274 valence electrons.